The van der Waals surface area contributed by atoms with E-state index in [0.29, 0.717) is 0 Å². The van der Waals surface area contributed by atoms with Crippen molar-refractivity contribution in [3.63, 3.8) is 0 Å². The second-order valence-corrected chi connectivity index (χ2v) is 6.48. The molecule has 3 nitrogen and oxygen atoms in total. The lowest BCUT2D eigenvalue weighted by atomic mass is 9.85. The zero-order valence-electron chi connectivity index (χ0n) is 10.5. The van der Waals surface area contributed by atoms with Gasteiger partial charge in [0.25, 0.3) is 0 Å². The first kappa shape index (κ1) is 12.5. The summed E-state index contributed by atoms with van der Waals surface area (Å²) in [5.41, 5.74) is 4.11. The summed E-state index contributed by atoms with van der Waals surface area (Å²) >= 11 is 1.75. The Morgan fingerprint density at radius 1 is 1.35 bits per heavy atom. The molecule has 1 atom stereocenters. The van der Waals surface area contributed by atoms with Crippen molar-refractivity contribution in [2.24, 2.45) is 11.3 Å². The van der Waals surface area contributed by atoms with Crippen molar-refractivity contribution in [3.8, 4) is 0 Å². The molecule has 0 amide bonds. The predicted octanol–water partition coefficient (Wildman–Crippen LogP) is 2.72. The van der Waals surface area contributed by atoms with Gasteiger partial charge in [-0.05, 0) is 17.5 Å². The molecule has 0 spiro atoms. The molecule has 1 unspecified atom stereocenters. The number of fused-ring (bicyclic) bond motifs is 1. The lowest BCUT2D eigenvalue weighted by Gasteiger charge is -2.29. The van der Waals surface area contributed by atoms with E-state index in [1.807, 2.05) is 12.1 Å². The molecule has 0 fully saturated rings. The highest BCUT2D eigenvalue weighted by Gasteiger charge is 2.24. The molecular formula is C13H19N3S. The number of hydrogen-bond donors (Lipinski definition) is 2. The van der Waals surface area contributed by atoms with Gasteiger partial charge < -0.3 is 0 Å². The van der Waals surface area contributed by atoms with E-state index in [2.05, 4.69) is 43.3 Å². The third-order valence-electron chi connectivity index (χ3n) is 2.96. The van der Waals surface area contributed by atoms with Crippen molar-refractivity contribution in [1.82, 2.24) is 10.4 Å². The number of para-hydroxylation sites is 1. The van der Waals surface area contributed by atoms with E-state index >= 15 is 0 Å². The Morgan fingerprint density at radius 3 is 2.65 bits per heavy atom. The molecule has 2 aromatic rings. The number of nitrogens with zero attached hydrogens (tertiary/aromatic N) is 1. The van der Waals surface area contributed by atoms with Gasteiger partial charge in [-0.25, -0.2) is 4.98 Å². The summed E-state index contributed by atoms with van der Waals surface area (Å²) in [5.74, 6) is 5.63. The van der Waals surface area contributed by atoms with Crippen molar-refractivity contribution in [3.05, 3.63) is 29.3 Å². The zero-order valence-corrected chi connectivity index (χ0v) is 11.3. The normalized spacial score (nSPS) is 14.1. The van der Waals surface area contributed by atoms with Gasteiger partial charge in [0.15, 0.2) is 0 Å². The van der Waals surface area contributed by atoms with E-state index in [-0.39, 0.29) is 11.5 Å². The summed E-state index contributed by atoms with van der Waals surface area (Å²) in [4.78, 5) is 4.64. The minimum Gasteiger partial charge on any atom is -0.271 e. The van der Waals surface area contributed by atoms with Crippen LogP contribution in [0.4, 0.5) is 0 Å². The summed E-state index contributed by atoms with van der Waals surface area (Å²) in [6, 6.07) is 8.47. The van der Waals surface area contributed by atoms with Crippen LogP contribution in [0.1, 0.15) is 25.8 Å². The van der Waals surface area contributed by atoms with Crippen LogP contribution in [0.5, 0.6) is 0 Å². The van der Waals surface area contributed by atoms with Gasteiger partial charge in [-0.2, -0.15) is 0 Å². The van der Waals surface area contributed by atoms with Gasteiger partial charge in [0.2, 0.25) is 0 Å². The van der Waals surface area contributed by atoms with Crippen LogP contribution in [-0.4, -0.2) is 11.0 Å². The van der Waals surface area contributed by atoms with Crippen molar-refractivity contribution < 1.29 is 0 Å². The number of hydrogen-bond acceptors (Lipinski definition) is 4. The maximum absolute atomic E-state index is 5.63. The highest BCUT2D eigenvalue weighted by Crippen LogP contribution is 2.26. The molecule has 0 bridgehead atoms. The van der Waals surface area contributed by atoms with Crippen LogP contribution in [-0.2, 0) is 6.42 Å². The van der Waals surface area contributed by atoms with E-state index in [1.165, 1.54) is 4.70 Å². The Morgan fingerprint density at radius 2 is 2.06 bits per heavy atom. The number of thiazole rings is 1. The zero-order chi connectivity index (χ0) is 12.5. The van der Waals surface area contributed by atoms with Crippen LogP contribution in [0.2, 0.25) is 0 Å². The molecule has 0 saturated carbocycles. The second kappa shape index (κ2) is 4.72. The van der Waals surface area contributed by atoms with Crippen LogP contribution in [0.3, 0.4) is 0 Å². The average molecular weight is 249 g/mol. The smallest absolute Gasteiger partial charge is 0.0954 e. The number of rotatable bonds is 3. The summed E-state index contributed by atoms with van der Waals surface area (Å²) in [6.07, 6.45) is 0.874. The number of nitrogens with one attached hydrogen (secondary N) is 1. The SMILES string of the molecule is CC(C)(C)C(Cc1nc2ccccc2s1)NN. The van der Waals surface area contributed by atoms with Crippen molar-refractivity contribution in [2.45, 2.75) is 33.2 Å². The first-order chi connectivity index (χ1) is 8.00. The molecule has 0 aliphatic heterocycles. The first-order valence-electron chi connectivity index (χ1n) is 5.81. The summed E-state index contributed by atoms with van der Waals surface area (Å²) < 4.78 is 1.24. The van der Waals surface area contributed by atoms with Crippen LogP contribution < -0.4 is 11.3 Å². The minimum atomic E-state index is 0.132. The second-order valence-electron chi connectivity index (χ2n) is 5.36. The van der Waals surface area contributed by atoms with Crippen LogP contribution in [0.15, 0.2) is 24.3 Å². The number of nitrogens with two attached hydrogens (primary N) is 1. The fourth-order valence-electron chi connectivity index (χ4n) is 1.80. The minimum absolute atomic E-state index is 0.132. The Balaban J connectivity index is 2.23. The van der Waals surface area contributed by atoms with Gasteiger partial charge in [-0.3, -0.25) is 11.3 Å². The molecule has 3 N–H and O–H groups in total. The van der Waals surface area contributed by atoms with E-state index in [4.69, 9.17) is 5.84 Å². The number of benzene rings is 1. The topological polar surface area (TPSA) is 50.9 Å². The molecule has 2 rings (SSSR count). The fourth-order valence-corrected chi connectivity index (χ4v) is 2.81. The Hall–Kier alpha value is -0.970. The molecule has 1 heterocycles. The largest absolute Gasteiger partial charge is 0.271 e. The average Bonchev–Trinajstić information content (AvgIpc) is 2.66. The summed E-state index contributed by atoms with van der Waals surface area (Å²) in [7, 11) is 0. The Kier molecular flexibility index (Phi) is 3.47. The van der Waals surface area contributed by atoms with E-state index < -0.39 is 0 Å². The van der Waals surface area contributed by atoms with Crippen LogP contribution in [0.25, 0.3) is 10.2 Å². The van der Waals surface area contributed by atoms with Gasteiger partial charge >= 0.3 is 0 Å². The molecule has 0 radical (unpaired) electrons. The summed E-state index contributed by atoms with van der Waals surface area (Å²) in [5, 5.41) is 1.14. The van der Waals surface area contributed by atoms with E-state index in [9.17, 15) is 0 Å². The molecule has 1 aromatic carbocycles. The third kappa shape index (κ3) is 2.83. The molecule has 17 heavy (non-hydrogen) atoms. The fraction of sp³-hybridized carbons (Fsp3) is 0.462. The third-order valence-corrected chi connectivity index (χ3v) is 4.02. The van der Waals surface area contributed by atoms with Crippen molar-refractivity contribution in [1.29, 1.82) is 0 Å². The predicted molar refractivity (Wildman–Crippen MR) is 73.9 cm³/mol. The van der Waals surface area contributed by atoms with E-state index in [0.717, 1.165) is 16.9 Å². The molecule has 0 saturated heterocycles. The lowest BCUT2D eigenvalue weighted by Crippen LogP contribution is -2.45. The highest BCUT2D eigenvalue weighted by molar-refractivity contribution is 7.18. The number of hydrazine groups is 1. The molecule has 4 heteroatoms. The maximum atomic E-state index is 5.63. The van der Waals surface area contributed by atoms with Gasteiger partial charge in [0, 0.05) is 12.5 Å². The Labute approximate surface area is 106 Å². The monoisotopic (exact) mass is 249 g/mol. The van der Waals surface area contributed by atoms with Gasteiger partial charge in [-0.15, -0.1) is 11.3 Å². The van der Waals surface area contributed by atoms with Crippen molar-refractivity contribution >= 4 is 21.6 Å². The van der Waals surface area contributed by atoms with Crippen LogP contribution >= 0.6 is 11.3 Å². The molecule has 0 aliphatic carbocycles. The highest BCUT2D eigenvalue weighted by atomic mass is 32.1. The lowest BCUT2D eigenvalue weighted by molar-refractivity contribution is 0.269. The quantitative estimate of drug-likeness (QED) is 0.649. The van der Waals surface area contributed by atoms with Gasteiger partial charge in [0.05, 0.1) is 15.2 Å². The van der Waals surface area contributed by atoms with Gasteiger partial charge in [0.1, 0.15) is 0 Å². The molecule has 92 valence electrons. The first-order valence-corrected chi connectivity index (χ1v) is 6.63. The molecule has 0 aliphatic rings. The van der Waals surface area contributed by atoms with Crippen molar-refractivity contribution in [2.75, 3.05) is 0 Å². The maximum Gasteiger partial charge on any atom is 0.0954 e. The molecule has 1 aromatic heterocycles. The van der Waals surface area contributed by atoms with Crippen LogP contribution in [0, 0.1) is 5.41 Å². The summed E-state index contributed by atoms with van der Waals surface area (Å²) in [6.45, 7) is 6.56. The molecular weight excluding hydrogens is 230 g/mol. The van der Waals surface area contributed by atoms with Gasteiger partial charge in [-0.1, -0.05) is 32.9 Å². The van der Waals surface area contributed by atoms with E-state index in [1.54, 1.807) is 11.3 Å². The number of aromatic nitrogens is 1. The standard InChI is InChI=1S/C13H19N3S/c1-13(2,3)11(16-14)8-12-15-9-6-4-5-7-10(9)17-12/h4-7,11,16H,8,14H2,1-3H3. The Bertz CT molecular complexity index is 466.